The molecule has 8 atom stereocenters. The Balaban J connectivity index is 1.03. The van der Waals surface area contributed by atoms with Crippen LogP contribution in [0.4, 0.5) is 22.7 Å². The van der Waals surface area contributed by atoms with Crippen LogP contribution in [0.15, 0.2) is 161 Å². The van der Waals surface area contributed by atoms with E-state index in [0.717, 1.165) is 5.69 Å². The predicted octanol–water partition coefficient (Wildman–Crippen LogP) is 4.64. The summed E-state index contributed by atoms with van der Waals surface area (Å²) in [5, 5.41) is 64.9. The highest BCUT2D eigenvalue weighted by Gasteiger charge is 2.40. The number of aliphatic hydroxyl groups is 1. The molecule has 0 aromatic heterocycles. The lowest BCUT2D eigenvalue weighted by Crippen LogP contribution is -2.61. The Morgan fingerprint density at radius 3 is 1.66 bits per heavy atom. The number of benzene rings is 6. The van der Waals surface area contributed by atoms with Crippen LogP contribution in [0.5, 0.6) is 0 Å². The molecule has 1 aliphatic rings. The molecule has 31 nitrogen and oxygen atoms in total. The summed E-state index contributed by atoms with van der Waals surface area (Å²) in [6, 6.07) is 28.9. The minimum atomic E-state index is -4.52. The van der Waals surface area contributed by atoms with Gasteiger partial charge >= 0.3 is 5.97 Å². The predicted molar refractivity (Wildman–Crippen MR) is 407 cm³/mol. The number of amides is 9. The number of unbranched alkanes of at least 4 members (excludes halogenated alkanes) is 1. The van der Waals surface area contributed by atoms with Crippen LogP contribution in [0.1, 0.15) is 106 Å². The molecule has 0 bridgehead atoms. The minimum absolute atomic E-state index is 0.0201. The van der Waals surface area contributed by atoms with Gasteiger partial charge in [-0.3, -0.25) is 57.9 Å². The number of hydrogen-bond donors (Lipinski definition) is 15. The van der Waals surface area contributed by atoms with Crippen molar-refractivity contribution in [3.8, 4) is 0 Å². The molecule has 16 N–H and O–H groups in total. The normalized spacial score (nSPS) is 14.7. The Morgan fingerprint density at radius 1 is 0.583 bits per heavy atom. The number of rotatable bonds is 41. The SMILES string of the molecule is CCCCC(NC(=O)C(CCCNC(=N)N)NC(=O)C(CCC(=O)O)NC(=O)c1ccc(N=Nc2ccc(N(C)C)cc2)cc1)C(=O)NC(Cc1ccccc1)C(=O)NC(CC(C)C)C(=O)NC(CO)C(=O)NC(Cc1ccccc1)C(=O)N1CCCC1C(=O)NCCNc1cccc2c(S(=O)(=O)O)cccc12. The van der Waals surface area contributed by atoms with Crippen LogP contribution in [0.2, 0.25) is 0 Å². The second-order valence-electron chi connectivity index (χ2n) is 26.8. The largest absolute Gasteiger partial charge is 0.481 e. The van der Waals surface area contributed by atoms with E-state index in [-0.39, 0.29) is 87.0 Å². The number of carboxylic acids is 1. The summed E-state index contributed by atoms with van der Waals surface area (Å²) >= 11 is 0. The van der Waals surface area contributed by atoms with Crippen molar-refractivity contribution >= 4 is 109 Å². The number of aliphatic hydroxyl groups excluding tert-OH is 1. The summed E-state index contributed by atoms with van der Waals surface area (Å²) < 4.78 is 34.0. The maximum absolute atomic E-state index is 14.8. The number of nitrogens with zero attached hydrogens (tertiary/aromatic N) is 4. The zero-order valence-electron chi connectivity index (χ0n) is 61.1. The number of carbonyl (C=O) groups is 10. The fourth-order valence-corrected chi connectivity index (χ4v) is 12.9. The molecule has 1 fully saturated rings. The van der Waals surface area contributed by atoms with E-state index in [1.165, 1.54) is 41.3 Å². The van der Waals surface area contributed by atoms with Gasteiger partial charge in [0.2, 0.25) is 47.3 Å². The summed E-state index contributed by atoms with van der Waals surface area (Å²) in [7, 11) is -0.705. The third kappa shape index (κ3) is 26.0. The van der Waals surface area contributed by atoms with Crippen LogP contribution in [-0.2, 0) is 66.1 Å². The highest BCUT2D eigenvalue weighted by atomic mass is 32.2. The van der Waals surface area contributed by atoms with Crippen molar-refractivity contribution in [2.24, 2.45) is 21.9 Å². The number of nitrogens with two attached hydrogens (primary N) is 1. The molecule has 32 heteroatoms. The van der Waals surface area contributed by atoms with E-state index >= 15 is 0 Å². The maximum atomic E-state index is 14.8. The Morgan fingerprint density at radius 2 is 1.09 bits per heavy atom. The first-order valence-corrected chi connectivity index (χ1v) is 37.3. The Hall–Kier alpha value is -11.4. The first kappa shape index (κ1) is 83.9. The van der Waals surface area contributed by atoms with Gasteiger partial charge in [-0.25, -0.2) is 0 Å². The van der Waals surface area contributed by atoms with E-state index in [0.29, 0.717) is 64.6 Å². The first-order chi connectivity index (χ1) is 51.6. The lowest BCUT2D eigenvalue weighted by molar-refractivity contribution is -0.142. The molecule has 0 saturated carbocycles. The summed E-state index contributed by atoms with van der Waals surface area (Å²) in [6.07, 6.45) is 0.509. The second-order valence-corrected chi connectivity index (χ2v) is 28.2. The van der Waals surface area contributed by atoms with Crippen LogP contribution < -0.4 is 63.8 Å². The van der Waals surface area contributed by atoms with Gasteiger partial charge in [0.15, 0.2) is 5.96 Å². The van der Waals surface area contributed by atoms with Gasteiger partial charge in [-0.2, -0.15) is 18.6 Å². The molecule has 0 radical (unpaired) electrons. The third-order valence-corrected chi connectivity index (χ3v) is 18.8. The van der Waals surface area contributed by atoms with Crippen molar-refractivity contribution in [1.29, 1.82) is 5.41 Å². The van der Waals surface area contributed by atoms with Gasteiger partial charge in [-0.1, -0.05) is 119 Å². The number of fused-ring (bicyclic) bond motifs is 1. The van der Waals surface area contributed by atoms with Gasteiger partial charge in [-0.15, -0.1) is 0 Å². The number of carboxylic acid groups (broad SMARTS) is 1. The van der Waals surface area contributed by atoms with Crippen molar-refractivity contribution in [3.63, 3.8) is 0 Å². The van der Waals surface area contributed by atoms with Crippen molar-refractivity contribution in [2.75, 3.05) is 57.1 Å². The molecule has 1 aliphatic heterocycles. The zero-order valence-corrected chi connectivity index (χ0v) is 61.9. The van der Waals surface area contributed by atoms with Gasteiger partial charge in [0.1, 0.15) is 53.2 Å². The fraction of sp³-hybridized carbons (Fsp3) is 0.408. The molecular weight excluding hydrogens is 1410 g/mol. The minimum Gasteiger partial charge on any atom is -0.481 e. The molecular formula is C76H98N16O15S. The van der Waals surface area contributed by atoms with E-state index in [4.69, 9.17) is 11.1 Å². The number of azo groups is 1. The van der Waals surface area contributed by atoms with Gasteiger partial charge in [0.05, 0.1) is 18.0 Å². The van der Waals surface area contributed by atoms with Gasteiger partial charge in [0, 0.05) is 87.2 Å². The monoisotopic (exact) mass is 1510 g/mol. The van der Waals surface area contributed by atoms with Crippen LogP contribution in [0.3, 0.4) is 0 Å². The number of anilines is 2. The number of nitrogens with one attached hydrogen (secondary N) is 11. The van der Waals surface area contributed by atoms with Gasteiger partial charge in [-0.05, 0) is 123 Å². The second kappa shape index (κ2) is 41.5. The van der Waals surface area contributed by atoms with E-state index in [2.05, 4.69) is 63.4 Å². The molecule has 9 amide bonds. The molecule has 578 valence electrons. The molecule has 0 spiro atoms. The fourth-order valence-electron chi connectivity index (χ4n) is 12.2. The van der Waals surface area contributed by atoms with Gasteiger partial charge in [0.25, 0.3) is 16.0 Å². The van der Waals surface area contributed by atoms with Crippen molar-refractivity contribution < 1.29 is 71.1 Å². The standard InChI is InChI=1S/C76H98N16O15S/c1-6-7-24-57(83-68(97)58(26-16-39-81-76(77)78)84-70(99)59(37-38-66(94)95)82-67(96)50-29-31-51(32-30-50)89-90-52-33-35-53(36-34-52)91(4)5)69(98)86-61(44-48-18-10-8-11-19-48)72(101)85-60(43-47(2)3)71(100)88-63(46-93)73(102)87-62(45-49-20-12-9-13-21-49)75(104)92-42-17-27-64(92)74(103)80-41-40-79-56-25-14-23-55-54(56)22-15-28-65(55)108(105,106)107/h8-15,18-23,25,28-36,47,57-64,79,93H,6-7,16-17,24,26-27,37-46H2,1-5H3,(H,80,103)(H,82,96)(H,83,97)(H,84,99)(H,85,101)(H,86,98)(H,87,102)(H,88,100)(H,94,95)(H4,77,78,81)(H,105,106,107). The van der Waals surface area contributed by atoms with Crippen molar-refractivity contribution in [3.05, 3.63) is 162 Å². The van der Waals surface area contributed by atoms with Crippen LogP contribution in [0.25, 0.3) is 10.8 Å². The Kier molecular flexibility index (Phi) is 32.2. The molecule has 6 aromatic carbocycles. The molecule has 7 rings (SSSR count). The summed E-state index contributed by atoms with van der Waals surface area (Å²) in [4.78, 5) is 145. The van der Waals surface area contributed by atoms with E-state index in [9.17, 15) is 71.1 Å². The Bertz CT molecular complexity index is 4230. The van der Waals surface area contributed by atoms with E-state index in [1.54, 1.807) is 111 Å². The molecule has 8 unspecified atom stereocenters. The van der Waals surface area contributed by atoms with Crippen LogP contribution in [0, 0.1) is 11.3 Å². The maximum Gasteiger partial charge on any atom is 0.303 e. The highest BCUT2D eigenvalue weighted by Crippen LogP contribution is 2.29. The van der Waals surface area contributed by atoms with Crippen LogP contribution in [-0.4, -0.2) is 188 Å². The number of carbonyl (C=O) groups excluding carboxylic acids is 9. The van der Waals surface area contributed by atoms with Crippen molar-refractivity contribution in [1.82, 2.24) is 52.8 Å². The number of guanidine groups is 1. The number of likely N-dealkylation sites (tertiary alicyclic amines) is 1. The first-order valence-electron chi connectivity index (χ1n) is 35.8. The smallest absolute Gasteiger partial charge is 0.303 e. The zero-order chi connectivity index (χ0) is 78.5. The number of aliphatic carboxylic acids is 1. The number of hydrogen-bond acceptors (Lipinski definition) is 18. The summed E-state index contributed by atoms with van der Waals surface area (Å²) in [6.45, 7) is 4.93. The highest BCUT2D eigenvalue weighted by molar-refractivity contribution is 7.86. The topological polar surface area (TPSA) is 467 Å². The molecule has 1 heterocycles. The molecule has 108 heavy (non-hydrogen) atoms. The van der Waals surface area contributed by atoms with E-state index < -0.39 is 137 Å². The summed E-state index contributed by atoms with van der Waals surface area (Å²) in [5.41, 5.74) is 9.34. The van der Waals surface area contributed by atoms with Gasteiger partial charge < -0.3 is 78.9 Å². The lowest BCUT2D eigenvalue weighted by atomic mass is 10.00. The summed E-state index contributed by atoms with van der Waals surface area (Å²) in [5.74, 6) is -9.11. The molecule has 6 aromatic rings. The molecule has 1 saturated heterocycles. The lowest BCUT2D eigenvalue weighted by Gasteiger charge is -2.30. The quantitative estimate of drug-likeness (QED) is 0.00817. The average molecular weight is 1510 g/mol. The third-order valence-electron chi connectivity index (χ3n) is 17.8. The average Bonchev–Trinajstić information content (AvgIpc) is 0.846. The molecule has 0 aliphatic carbocycles. The van der Waals surface area contributed by atoms with Crippen molar-refractivity contribution in [2.45, 2.75) is 151 Å². The Labute approximate surface area is 627 Å². The van der Waals surface area contributed by atoms with Crippen LogP contribution >= 0.6 is 0 Å². The van der Waals surface area contributed by atoms with E-state index in [1.807, 2.05) is 38.1 Å².